The van der Waals surface area contributed by atoms with E-state index in [1.165, 1.54) is 0 Å². The van der Waals surface area contributed by atoms with Crippen molar-refractivity contribution in [3.05, 3.63) is 69.2 Å². The summed E-state index contributed by atoms with van der Waals surface area (Å²) >= 11 is 9.51. The van der Waals surface area contributed by atoms with E-state index < -0.39 is 6.04 Å². The zero-order valence-electron chi connectivity index (χ0n) is 16.3. The molecule has 2 amide bonds. The number of carbonyl (C=O) groups excluding carboxylic acids is 2. The number of carbonyl (C=O) groups is 2. The first-order valence-electron chi connectivity index (χ1n) is 9.46. The number of benzene rings is 2. The van der Waals surface area contributed by atoms with E-state index >= 15 is 0 Å². The van der Waals surface area contributed by atoms with E-state index in [1.807, 2.05) is 36.4 Å². The Kier molecular flexibility index (Phi) is 9.00. The maximum absolute atomic E-state index is 13.1. The van der Waals surface area contributed by atoms with Gasteiger partial charge in [0, 0.05) is 22.6 Å². The van der Waals surface area contributed by atoms with Crippen LogP contribution in [-0.4, -0.2) is 29.3 Å². The highest BCUT2D eigenvalue weighted by atomic mass is 79.9. The predicted molar refractivity (Wildman–Crippen MR) is 117 cm³/mol. The molecular formula is C22H26BrClN2O2. The number of amides is 2. The molecule has 2 rings (SSSR count). The molecule has 4 nitrogen and oxygen atoms in total. The van der Waals surface area contributed by atoms with Crippen LogP contribution < -0.4 is 5.32 Å². The first-order chi connectivity index (χ1) is 13.4. The molecule has 0 saturated heterocycles. The first kappa shape index (κ1) is 22.4. The third kappa shape index (κ3) is 6.95. The van der Waals surface area contributed by atoms with Crippen LogP contribution in [-0.2, 0) is 22.6 Å². The number of nitrogens with one attached hydrogen (secondary N) is 1. The molecule has 0 heterocycles. The highest BCUT2D eigenvalue weighted by Gasteiger charge is 2.26. The van der Waals surface area contributed by atoms with Crippen LogP contribution in [0.4, 0.5) is 0 Å². The Morgan fingerprint density at radius 1 is 1.14 bits per heavy atom. The number of rotatable bonds is 9. The quantitative estimate of drug-likeness (QED) is 0.531. The molecule has 1 N–H and O–H groups in total. The predicted octanol–water partition coefficient (Wildman–Crippen LogP) is 4.98. The number of hydrogen-bond acceptors (Lipinski definition) is 2. The van der Waals surface area contributed by atoms with Gasteiger partial charge in [-0.05, 0) is 48.7 Å². The van der Waals surface area contributed by atoms with E-state index in [0.717, 1.165) is 28.4 Å². The van der Waals surface area contributed by atoms with Gasteiger partial charge in [-0.25, -0.2) is 0 Å². The molecule has 0 unspecified atom stereocenters. The second-order valence-corrected chi connectivity index (χ2v) is 8.13. The van der Waals surface area contributed by atoms with E-state index in [0.29, 0.717) is 18.1 Å². The molecule has 0 fully saturated rings. The highest BCUT2D eigenvalue weighted by molar-refractivity contribution is 9.10. The summed E-state index contributed by atoms with van der Waals surface area (Å²) in [6, 6.07) is 14.4. The lowest BCUT2D eigenvalue weighted by atomic mass is 10.1. The largest absolute Gasteiger partial charge is 0.354 e. The molecule has 0 aromatic heterocycles. The lowest BCUT2D eigenvalue weighted by Crippen LogP contribution is -2.48. The SMILES string of the molecule is CCCCNC(=O)[C@@H](C)N(Cc1cccc(Br)c1)C(=O)Cc1cccc(Cl)c1. The Bertz CT molecular complexity index is 813. The van der Waals surface area contributed by atoms with Crippen LogP contribution in [0, 0.1) is 0 Å². The van der Waals surface area contributed by atoms with Crippen molar-refractivity contribution < 1.29 is 9.59 Å². The van der Waals surface area contributed by atoms with Crippen LogP contribution in [0.1, 0.15) is 37.8 Å². The monoisotopic (exact) mass is 464 g/mol. The fourth-order valence-corrected chi connectivity index (χ4v) is 3.53. The molecule has 0 aliphatic heterocycles. The van der Waals surface area contributed by atoms with Crippen molar-refractivity contribution in [1.82, 2.24) is 10.2 Å². The average molecular weight is 466 g/mol. The van der Waals surface area contributed by atoms with Gasteiger partial charge in [-0.3, -0.25) is 9.59 Å². The van der Waals surface area contributed by atoms with Crippen molar-refractivity contribution in [1.29, 1.82) is 0 Å². The maximum atomic E-state index is 13.1. The summed E-state index contributed by atoms with van der Waals surface area (Å²) in [6.07, 6.45) is 2.12. The molecule has 0 aliphatic rings. The Morgan fingerprint density at radius 3 is 2.54 bits per heavy atom. The van der Waals surface area contributed by atoms with Gasteiger partial charge in [-0.15, -0.1) is 0 Å². The number of nitrogens with zero attached hydrogens (tertiary/aromatic N) is 1. The molecule has 0 aliphatic carbocycles. The Balaban J connectivity index is 2.18. The van der Waals surface area contributed by atoms with Gasteiger partial charge in [-0.1, -0.05) is 65.1 Å². The minimum absolute atomic E-state index is 0.111. The second kappa shape index (κ2) is 11.2. The topological polar surface area (TPSA) is 49.4 Å². The van der Waals surface area contributed by atoms with E-state index in [1.54, 1.807) is 24.0 Å². The number of halogens is 2. The normalized spacial score (nSPS) is 11.7. The summed E-state index contributed by atoms with van der Waals surface area (Å²) in [5, 5.41) is 3.52. The molecule has 0 radical (unpaired) electrons. The fraction of sp³-hybridized carbons (Fsp3) is 0.364. The van der Waals surface area contributed by atoms with Crippen molar-refractivity contribution in [3.8, 4) is 0 Å². The van der Waals surface area contributed by atoms with Gasteiger partial charge in [0.15, 0.2) is 0 Å². The molecule has 1 atom stereocenters. The molecule has 28 heavy (non-hydrogen) atoms. The minimum atomic E-state index is -0.567. The smallest absolute Gasteiger partial charge is 0.242 e. The van der Waals surface area contributed by atoms with Gasteiger partial charge >= 0.3 is 0 Å². The van der Waals surface area contributed by atoms with Crippen LogP contribution in [0.15, 0.2) is 53.0 Å². The van der Waals surface area contributed by atoms with E-state index in [4.69, 9.17) is 11.6 Å². The minimum Gasteiger partial charge on any atom is -0.354 e. The lowest BCUT2D eigenvalue weighted by Gasteiger charge is -2.29. The molecule has 0 saturated carbocycles. The lowest BCUT2D eigenvalue weighted by molar-refractivity contribution is -0.140. The van der Waals surface area contributed by atoms with Gasteiger partial charge in [0.05, 0.1) is 6.42 Å². The second-order valence-electron chi connectivity index (χ2n) is 6.78. The molecule has 0 spiro atoms. The molecule has 6 heteroatoms. The summed E-state index contributed by atoms with van der Waals surface area (Å²) in [7, 11) is 0. The van der Waals surface area contributed by atoms with E-state index in [-0.39, 0.29) is 18.2 Å². The van der Waals surface area contributed by atoms with Gasteiger partial charge < -0.3 is 10.2 Å². The van der Waals surface area contributed by atoms with Crippen molar-refractivity contribution >= 4 is 39.3 Å². The van der Waals surface area contributed by atoms with Crippen LogP contribution in [0.2, 0.25) is 5.02 Å². The number of unbranched alkanes of at least 4 members (excludes halogenated alkanes) is 1. The zero-order valence-corrected chi connectivity index (χ0v) is 18.6. The van der Waals surface area contributed by atoms with Crippen molar-refractivity contribution in [2.75, 3.05) is 6.54 Å². The van der Waals surface area contributed by atoms with Gasteiger partial charge in [0.2, 0.25) is 11.8 Å². The van der Waals surface area contributed by atoms with Gasteiger partial charge in [0.25, 0.3) is 0 Å². The summed E-state index contributed by atoms with van der Waals surface area (Å²) in [5.41, 5.74) is 1.79. The molecule has 150 valence electrons. The third-order valence-corrected chi connectivity index (χ3v) is 5.21. The average Bonchev–Trinajstić information content (AvgIpc) is 2.65. The fourth-order valence-electron chi connectivity index (χ4n) is 2.87. The standard InChI is InChI=1S/C22H26BrClN2O2/c1-3-4-11-25-22(28)16(2)26(15-18-8-5-9-19(23)12-18)21(27)14-17-7-6-10-20(24)13-17/h5-10,12-13,16H,3-4,11,14-15H2,1-2H3,(H,25,28)/t16-/m1/s1. The number of hydrogen-bond donors (Lipinski definition) is 1. The Hall–Kier alpha value is -1.85. The molecule has 0 bridgehead atoms. The molecule has 2 aromatic rings. The molecular weight excluding hydrogens is 440 g/mol. The van der Waals surface area contributed by atoms with Gasteiger partial charge in [-0.2, -0.15) is 0 Å². The Labute approximate surface area is 180 Å². The summed E-state index contributed by atoms with van der Waals surface area (Å²) in [5.74, 6) is -0.247. The van der Waals surface area contributed by atoms with Crippen LogP contribution in [0.25, 0.3) is 0 Å². The Morgan fingerprint density at radius 2 is 1.86 bits per heavy atom. The van der Waals surface area contributed by atoms with Crippen molar-refractivity contribution in [3.63, 3.8) is 0 Å². The van der Waals surface area contributed by atoms with Crippen LogP contribution >= 0.6 is 27.5 Å². The highest BCUT2D eigenvalue weighted by Crippen LogP contribution is 2.17. The maximum Gasteiger partial charge on any atom is 0.242 e. The van der Waals surface area contributed by atoms with Crippen LogP contribution in [0.3, 0.4) is 0 Å². The van der Waals surface area contributed by atoms with E-state index in [9.17, 15) is 9.59 Å². The van der Waals surface area contributed by atoms with Crippen molar-refractivity contribution in [2.45, 2.75) is 45.7 Å². The first-order valence-corrected chi connectivity index (χ1v) is 10.6. The third-order valence-electron chi connectivity index (χ3n) is 4.48. The van der Waals surface area contributed by atoms with Crippen LogP contribution in [0.5, 0.6) is 0 Å². The summed E-state index contributed by atoms with van der Waals surface area (Å²) < 4.78 is 0.937. The zero-order chi connectivity index (χ0) is 20.5. The van der Waals surface area contributed by atoms with Crippen molar-refractivity contribution in [2.24, 2.45) is 0 Å². The molecule has 2 aromatic carbocycles. The summed E-state index contributed by atoms with van der Waals surface area (Å²) in [4.78, 5) is 27.3. The van der Waals surface area contributed by atoms with E-state index in [2.05, 4.69) is 28.2 Å². The summed E-state index contributed by atoms with van der Waals surface area (Å²) in [6.45, 7) is 4.83. The van der Waals surface area contributed by atoms with Gasteiger partial charge in [0.1, 0.15) is 6.04 Å².